The van der Waals surface area contributed by atoms with E-state index in [9.17, 15) is 9.59 Å². The molecule has 16 heavy (non-hydrogen) atoms. The first-order valence-corrected chi connectivity index (χ1v) is 4.94. The van der Waals surface area contributed by atoms with Crippen molar-refractivity contribution in [2.45, 2.75) is 13.0 Å². The Morgan fingerprint density at radius 1 is 1.38 bits per heavy atom. The van der Waals surface area contributed by atoms with Gasteiger partial charge in [-0.25, -0.2) is 9.79 Å². The normalized spacial score (nSPS) is 18.1. The summed E-state index contributed by atoms with van der Waals surface area (Å²) in [7, 11) is 0. The molecule has 0 bridgehead atoms. The topological polar surface area (TPSA) is 68.1 Å². The molecule has 0 N–H and O–H groups in total. The Kier molecular flexibility index (Phi) is 2.76. The zero-order valence-electron chi connectivity index (χ0n) is 8.71. The van der Waals surface area contributed by atoms with Gasteiger partial charge in [-0.15, -0.1) is 0 Å². The molecule has 0 aromatic heterocycles. The van der Waals surface area contributed by atoms with Crippen LogP contribution in [0.4, 0.5) is 0 Å². The zero-order valence-corrected chi connectivity index (χ0v) is 8.71. The van der Waals surface area contributed by atoms with Crippen molar-refractivity contribution in [1.82, 2.24) is 0 Å². The lowest BCUT2D eigenvalue weighted by molar-refractivity contribution is -0.147. The smallest absolute Gasteiger partial charge is 0.340 e. The molecule has 0 saturated carbocycles. The Morgan fingerprint density at radius 3 is 2.75 bits per heavy atom. The van der Waals surface area contributed by atoms with Gasteiger partial charge in [-0.3, -0.25) is 9.79 Å². The van der Waals surface area contributed by atoms with Gasteiger partial charge in [0.1, 0.15) is 0 Å². The minimum absolute atomic E-state index is 0.222. The quantitative estimate of drug-likeness (QED) is 0.491. The lowest BCUT2D eigenvalue weighted by Crippen LogP contribution is -2.40. The fraction of sp³-hybridized carbons (Fsp3) is 0.273. The molecule has 5 nitrogen and oxygen atoms in total. The molecule has 0 saturated heterocycles. The summed E-state index contributed by atoms with van der Waals surface area (Å²) in [5, 5.41) is 1.04. The molecular formula is C11H10N2O3. The van der Waals surface area contributed by atoms with Crippen molar-refractivity contribution in [3.05, 3.63) is 35.0 Å². The average Bonchev–Trinajstić information content (AvgIpc) is 2.28. The van der Waals surface area contributed by atoms with Crippen LogP contribution in [0.15, 0.2) is 34.3 Å². The highest BCUT2D eigenvalue weighted by Gasteiger charge is 2.28. The van der Waals surface area contributed by atoms with E-state index in [0.29, 0.717) is 10.7 Å². The van der Waals surface area contributed by atoms with Crippen LogP contribution in [0.2, 0.25) is 0 Å². The summed E-state index contributed by atoms with van der Waals surface area (Å²) < 4.78 is 4.75. The molecule has 1 amide bonds. The van der Waals surface area contributed by atoms with Crippen molar-refractivity contribution in [2.75, 3.05) is 6.61 Å². The lowest BCUT2D eigenvalue weighted by Gasteiger charge is -2.09. The third-order valence-electron chi connectivity index (χ3n) is 2.12. The van der Waals surface area contributed by atoms with Crippen LogP contribution in [0.1, 0.15) is 6.92 Å². The third kappa shape index (κ3) is 1.84. The highest BCUT2D eigenvalue weighted by atomic mass is 16.5. The highest BCUT2D eigenvalue weighted by molar-refractivity contribution is 6.02. The molecule has 82 valence electrons. The largest absolute Gasteiger partial charge is 0.464 e. The minimum atomic E-state index is -1.14. The zero-order chi connectivity index (χ0) is 11.5. The molecule has 2 rings (SSSR count). The van der Waals surface area contributed by atoms with E-state index in [1.54, 1.807) is 31.2 Å². The van der Waals surface area contributed by atoms with Crippen molar-refractivity contribution in [2.24, 2.45) is 9.98 Å². The fourth-order valence-electron chi connectivity index (χ4n) is 1.42. The number of hydrogen-bond acceptors (Lipinski definition) is 4. The van der Waals surface area contributed by atoms with Crippen LogP contribution in [0.25, 0.3) is 0 Å². The summed E-state index contributed by atoms with van der Waals surface area (Å²) in [5.41, 5.74) is 0. The molecule has 1 unspecified atom stereocenters. The Hall–Kier alpha value is -2.04. The summed E-state index contributed by atoms with van der Waals surface area (Å²) in [6, 6.07) is 5.77. The van der Waals surface area contributed by atoms with Crippen LogP contribution in [0, 0.1) is 0 Å². The summed E-state index contributed by atoms with van der Waals surface area (Å²) in [4.78, 5) is 30.8. The van der Waals surface area contributed by atoms with Crippen LogP contribution in [0.3, 0.4) is 0 Å². The van der Waals surface area contributed by atoms with Gasteiger partial charge in [0.25, 0.3) is 5.91 Å². The van der Waals surface area contributed by atoms with E-state index in [1.165, 1.54) is 0 Å². The van der Waals surface area contributed by atoms with Gasteiger partial charge in [0.05, 0.1) is 17.3 Å². The van der Waals surface area contributed by atoms with Crippen molar-refractivity contribution < 1.29 is 14.3 Å². The Bertz CT molecular complexity index is 551. The number of carbonyl (C=O) groups is 2. The van der Waals surface area contributed by atoms with Crippen LogP contribution < -0.4 is 10.7 Å². The predicted octanol–water partition coefficient (Wildman–Crippen LogP) is -0.602. The van der Waals surface area contributed by atoms with Gasteiger partial charge in [0.15, 0.2) is 0 Å². The van der Waals surface area contributed by atoms with Gasteiger partial charge in [-0.1, -0.05) is 12.1 Å². The van der Waals surface area contributed by atoms with Gasteiger partial charge in [-0.05, 0) is 19.1 Å². The lowest BCUT2D eigenvalue weighted by atomic mass is 10.2. The molecule has 1 atom stereocenters. The Balaban J connectivity index is 2.44. The maximum absolute atomic E-state index is 11.5. The van der Waals surface area contributed by atoms with E-state index in [2.05, 4.69) is 9.98 Å². The summed E-state index contributed by atoms with van der Waals surface area (Å²) in [5.74, 6) is -1.22. The molecule has 5 heteroatoms. The Labute approximate surface area is 91.5 Å². The van der Waals surface area contributed by atoms with Gasteiger partial charge >= 0.3 is 5.97 Å². The average molecular weight is 218 g/mol. The second-order valence-electron chi connectivity index (χ2n) is 3.22. The van der Waals surface area contributed by atoms with Crippen LogP contribution in [-0.2, 0) is 14.3 Å². The highest BCUT2D eigenvalue weighted by Crippen LogP contribution is 1.99. The first-order valence-electron chi connectivity index (χ1n) is 4.94. The molecule has 1 aromatic rings. The summed E-state index contributed by atoms with van der Waals surface area (Å²) in [6.45, 7) is 1.90. The maximum atomic E-state index is 11.5. The van der Waals surface area contributed by atoms with E-state index in [0.717, 1.165) is 0 Å². The number of para-hydroxylation sites is 2. The number of fused-ring (bicyclic) bond motifs is 1. The van der Waals surface area contributed by atoms with Gasteiger partial charge in [0.2, 0.25) is 6.04 Å². The number of carbonyl (C=O) groups excluding carboxylic acids is 2. The van der Waals surface area contributed by atoms with E-state index in [4.69, 9.17) is 4.74 Å². The van der Waals surface area contributed by atoms with Crippen LogP contribution >= 0.6 is 0 Å². The van der Waals surface area contributed by atoms with E-state index in [-0.39, 0.29) is 6.61 Å². The summed E-state index contributed by atoms with van der Waals surface area (Å²) >= 11 is 0. The van der Waals surface area contributed by atoms with Gasteiger partial charge in [-0.2, -0.15) is 0 Å². The summed E-state index contributed by atoms with van der Waals surface area (Å²) in [6.07, 6.45) is 0. The SMILES string of the molecule is CCOC(=O)C1N=c2ccccc2=NC1=O. The van der Waals surface area contributed by atoms with E-state index < -0.39 is 17.9 Å². The molecule has 0 fully saturated rings. The number of benzene rings is 1. The number of esters is 1. The molecule has 0 aliphatic carbocycles. The molecule has 1 aliphatic rings. The van der Waals surface area contributed by atoms with Gasteiger partial charge < -0.3 is 4.74 Å². The van der Waals surface area contributed by atoms with E-state index in [1.807, 2.05) is 0 Å². The number of rotatable bonds is 2. The molecule has 0 radical (unpaired) electrons. The molecular weight excluding hydrogens is 208 g/mol. The number of nitrogens with zero attached hydrogens (tertiary/aromatic N) is 2. The van der Waals surface area contributed by atoms with Crippen molar-refractivity contribution in [1.29, 1.82) is 0 Å². The van der Waals surface area contributed by atoms with Crippen molar-refractivity contribution in [3.63, 3.8) is 0 Å². The maximum Gasteiger partial charge on any atom is 0.340 e. The Morgan fingerprint density at radius 2 is 2.06 bits per heavy atom. The van der Waals surface area contributed by atoms with Crippen molar-refractivity contribution >= 4 is 11.9 Å². The molecule has 0 spiro atoms. The second-order valence-corrected chi connectivity index (χ2v) is 3.22. The second kappa shape index (κ2) is 4.22. The third-order valence-corrected chi connectivity index (χ3v) is 2.12. The van der Waals surface area contributed by atoms with Gasteiger partial charge in [0, 0.05) is 0 Å². The van der Waals surface area contributed by atoms with Crippen LogP contribution in [-0.4, -0.2) is 24.5 Å². The molecule has 1 heterocycles. The van der Waals surface area contributed by atoms with E-state index >= 15 is 0 Å². The fourth-order valence-corrected chi connectivity index (χ4v) is 1.42. The standard InChI is InChI=1S/C11H10N2O3/c1-2-16-11(15)9-10(14)13-8-6-4-3-5-7(8)12-9/h3-6,9H,2H2,1H3. The minimum Gasteiger partial charge on any atom is -0.464 e. The van der Waals surface area contributed by atoms with Crippen molar-refractivity contribution in [3.8, 4) is 0 Å². The van der Waals surface area contributed by atoms with Crippen LogP contribution in [0.5, 0.6) is 0 Å². The predicted molar refractivity (Wildman–Crippen MR) is 54.2 cm³/mol. The number of ether oxygens (including phenoxy) is 1. The first kappa shape index (κ1) is 10.5. The number of hydrogen-bond donors (Lipinski definition) is 0. The molecule has 1 aliphatic heterocycles. The monoisotopic (exact) mass is 218 g/mol. The first-order chi connectivity index (χ1) is 7.72. The number of amides is 1. The molecule has 1 aromatic carbocycles.